The number of nitrogens with zero attached hydrogens (tertiary/aromatic N) is 4. The zero-order chi connectivity index (χ0) is 16.5. The molecule has 0 bridgehead atoms. The van der Waals surface area contributed by atoms with E-state index in [1.165, 1.54) is 11.1 Å². The summed E-state index contributed by atoms with van der Waals surface area (Å²) in [6.45, 7) is 5.37. The van der Waals surface area contributed by atoms with Gasteiger partial charge in [-0.15, -0.1) is 0 Å². The molecule has 1 aliphatic rings. The number of hydrogen-bond acceptors (Lipinski definition) is 3. The van der Waals surface area contributed by atoms with Gasteiger partial charge in [0.1, 0.15) is 0 Å². The number of hydrogen-bond donors (Lipinski definition) is 0. The SMILES string of the molecule is Cc1nn(-c2ccc(N3CCN(C=O)CC3)cc2)c2ccccc12. The molecule has 4 rings (SSSR count). The van der Waals surface area contributed by atoms with Crippen molar-refractivity contribution in [3.63, 3.8) is 0 Å². The number of aromatic nitrogens is 2. The number of carbonyl (C=O) groups is 1. The number of para-hydroxylation sites is 1. The van der Waals surface area contributed by atoms with E-state index in [0.717, 1.165) is 49.5 Å². The van der Waals surface area contributed by atoms with E-state index in [9.17, 15) is 4.79 Å². The van der Waals surface area contributed by atoms with Gasteiger partial charge in [-0.1, -0.05) is 18.2 Å². The van der Waals surface area contributed by atoms with Crippen LogP contribution in [0.25, 0.3) is 16.6 Å². The molecule has 1 aliphatic heterocycles. The molecule has 0 atom stereocenters. The Morgan fingerprint density at radius 3 is 2.29 bits per heavy atom. The first kappa shape index (κ1) is 14.8. The van der Waals surface area contributed by atoms with Gasteiger partial charge in [-0.2, -0.15) is 5.10 Å². The maximum atomic E-state index is 10.8. The Bertz CT molecular complexity index is 861. The van der Waals surface area contributed by atoms with Crippen LogP contribution in [-0.4, -0.2) is 47.3 Å². The summed E-state index contributed by atoms with van der Waals surface area (Å²) in [5.41, 5.74) is 4.43. The molecule has 0 N–H and O–H groups in total. The lowest BCUT2D eigenvalue weighted by atomic mass is 10.2. The lowest BCUT2D eigenvalue weighted by Crippen LogP contribution is -2.45. The van der Waals surface area contributed by atoms with Crippen LogP contribution in [-0.2, 0) is 4.79 Å². The molecular weight excluding hydrogens is 300 g/mol. The Morgan fingerprint density at radius 2 is 1.58 bits per heavy atom. The lowest BCUT2D eigenvalue weighted by molar-refractivity contribution is -0.118. The molecule has 24 heavy (non-hydrogen) atoms. The number of rotatable bonds is 3. The highest BCUT2D eigenvalue weighted by atomic mass is 16.1. The van der Waals surface area contributed by atoms with Crippen LogP contribution in [0.15, 0.2) is 48.5 Å². The van der Waals surface area contributed by atoms with E-state index in [2.05, 4.69) is 46.4 Å². The van der Waals surface area contributed by atoms with Crippen LogP contribution in [0.4, 0.5) is 5.69 Å². The van der Waals surface area contributed by atoms with E-state index in [1.54, 1.807) is 0 Å². The molecule has 1 amide bonds. The second-order valence-electron chi connectivity index (χ2n) is 6.16. The van der Waals surface area contributed by atoms with E-state index in [1.807, 2.05) is 28.6 Å². The van der Waals surface area contributed by atoms with Gasteiger partial charge in [-0.05, 0) is 37.3 Å². The van der Waals surface area contributed by atoms with Gasteiger partial charge in [0.15, 0.2) is 0 Å². The van der Waals surface area contributed by atoms with Crippen LogP contribution >= 0.6 is 0 Å². The van der Waals surface area contributed by atoms with Gasteiger partial charge >= 0.3 is 0 Å². The van der Waals surface area contributed by atoms with Crippen molar-refractivity contribution in [3.8, 4) is 5.69 Å². The summed E-state index contributed by atoms with van der Waals surface area (Å²) in [5, 5.41) is 5.87. The Labute approximate surface area is 141 Å². The Hall–Kier alpha value is -2.82. The Balaban J connectivity index is 1.61. The number of aryl methyl sites for hydroxylation is 1. The zero-order valence-corrected chi connectivity index (χ0v) is 13.7. The van der Waals surface area contributed by atoms with E-state index in [0.29, 0.717) is 0 Å². The number of anilines is 1. The molecule has 0 saturated carbocycles. The quantitative estimate of drug-likeness (QED) is 0.697. The van der Waals surface area contributed by atoms with Gasteiger partial charge in [0.2, 0.25) is 6.41 Å². The largest absolute Gasteiger partial charge is 0.368 e. The van der Waals surface area contributed by atoms with E-state index < -0.39 is 0 Å². The highest BCUT2D eigenvalue weighted by Gasteiger charge is 2.16. The van der Waals surface area contributed by atoms with Crippen molar-refractivity contribution < 1.29 is 4.79 Å². The van der Waals surface area contributed by atoms with Gasteiger partial charge in [0.05, 0.1) is 16.9 Å². The second kappa shape index (κ2) is 6.00. The minimum Gasteiger partial charge on any atom is -0.368 e. The smallest absolute Gasteiger partial charge is 0.209 e. The predicted octanol–water partition coefficient (Wildman–Crippen LogP) is 2.61. The van der Waals surface area contributed by atoms with Gasteiger partial charge < -0.3 is 9.80 Å². The van der Waals surface area contributed by atoms with Crippen molar-refractivity contribution in [1.82, 2.24) is 14.7 Å². The van der Waals surface area contributed by atoms with Crippen molar-refractivity contribution in [1.29, 1.82) is 0 Å². The maximum absolute atomic E-state index is 10.8. The number of carbonyl (C=O) groups excluding carboxylic acids is 1. The molecule has 0 aliphatic carbocycles. The minimum atomic E-state index is 0.786. The summed E-state index contributed by atoms with van der Waals surface area (Å²) in [6, 6.07) is 16.8. The molecule has 122 valence electrons. The Kier molecular flexibility index (Phi) is 3.69. The van der Waals surface area contributed by atoms with Crippen molar-refractivity contribution in [2.45, 2.75) is 6.92 Å². The van der Waals surface area contributed by atoms with Gasteiger partial charge in [-0.25, -0.2) is 4.68 Å². The molecule has 2 heterocycles. The number of fused-ring (bicyclic) bond motifs is 1. The van der Waals surface area contributed by atoms with E-state index >= 15 is 0 Å². The molecule has 1 aromatic heterocycles. The molecule has 1 fully saturated rings. The molecule has 5 heteroatoms. The van der Waals surface area contributed by atoms with Crippen molar-refractivity contribution in [2.75, 3.05) is 31.1 Å². The highest BCUT2D eigenvalue weighted by molar-refractivity contribution is 5.83. The zero-order valence-electron chi connectivity index (χ0n) is 13.7. The molecule has 1 saturated heterocycles. The fourth-order valence-electron chi connectivity index (χ4n) is 3.31. The fraction of sp³-hybridized carbons (Fsp3) is 0.263. The van der Waals surface area contributed by atoms with Crippen LogP contribution in [0.1, 0.15) is 5.69 Å². The first-order valence-corrected chi connectivity index (χ1v) is 8.25. The maximum Gasteiger partial charge on any atom is 0.209 e. The highest BCUT2D eigenvalue weighted by Crippen LogP contribution is 2.23. The molecule has 3 aromatic rings. The summed E-state index contributed by atoms with van der Waals surface area (Å²) in [4.78, 5) is 15.0. The third-order valence-corrected chi connectivity index (χ3v) is 4.69. The van der Waals surface area contributed by atoms with Crippen LogP contribution in [0.2, 0.25) is 0 Å². The third-order valence-electron chi connectivity index (χ3n) is 4.69. The van der Waals surface area contributed by atoms with Crippen LogP contribution < -0.4 is 4.90 Å². The van der Waals surface area contributed by atoms with E-state index in [4.69, 9.17) is 0 Å². The summed E-state index contributed by atoms with van der Waals surface area (Å²) < 4.78 is 2.00. The molecule has 2 aromatic carbocycles. The van der Waals surface area contributed by atoms with Crippen molar-refractivity contribution >= 4 is 23.0 Å². The van der Waals surface area contributed by atoms with Crippen LogP contribution in [0.3, 0.4) is 0 Å². The predicted molar refractivity (Wildman–Crippen MR) is 95.7 cm³/mol. The second-order valence-corrected chi connectivity index (χ2v) is 6.16. The van der Waals surface area contributed by atoms with Gasteiger partial charge in [0, 0.05) is 37.3 Å². The van der Waals surface area contributed by atoms with Gasteiger partial charge in [0.25, 0.3) is 0 Å². The number of benzene rings is 2. The standard InChI is InChI=1S/C19H20N4O/c1-15-18-4-2-3-5-19(18)23(20-15)17-8-6-16(7-9-17)22-12-10-21(14-24)11-13-22/h2-9,14H,10-13H2,1H3. The van der Waals surface area contributed by atoms with Gasteiger partial charge in [-0.3, -0.25) is 4.79 Å². The van der Waals surface area contributed by atoms with Crippen molar-refractivity contribution in [3.05, 3.63) is 54.2 Å². The van der Waals surface area contributed by atoms with E-state index in [-0.39, 0.29) is 0 Å². The minimum absolute atomic E-state index is 0.786. The van der Waals surface area contributed by atoms with Crippen LogP contribution in [0, 0.1) is 6.92 Å². The number of amides is 1. The first-order valence-electron chi connectivity index (χ1n) is 8.25. The molecule has 5 nitrogen and oxygen atoms in total. The fourth-order valence-corrected chi connectivity index (χ4v) is 3.31. The summed E-state index contributed by atoms with van der Waals surface area (Å²) in [6.07, 6.45) is 0.936. The first-order chi connectivity index (χ1) is 11.8. The molecular formula is C19H20N4O. The molecule has 0 unspecified atom stereocenters. The average Bonchev–Trinajstić information content (AvgIpc) is 2.99. The average molecular weight is 320 g/mol. The third kappa shape index (κ3) is 2.52. The summed E-state index contributed by atoms with van der Waals surface area (Å²) in [5.74, 6) is 0. The summed E-state index contributed by atoms with van der Waals surface area (Å²) >= 11 is 0. The molecule has 0 spiro atoms. The summed E-state index contributed by atoms with van der Waals surface area (Å²) in [7, 11) is 0. The normalized spacial score (nSPS) is 15.0. The number of piperazine rings is 1. The van der Waals surface area contributed by atoms with Crippen molar-refractivity contribution in [2.24, 2.45) is 0 Å². The monoisotopic (exact) mass is 320 g/mol. The topological polar surface area (TPSA) is 41.4 Å². The lowest BCUT2D eigenvalue weighted by Gasteiger charge is -2.34. The Morgan fingerprint density at radius 1 is 0.917 bits per heavy atom. The molecule has 0 radical (unpaired) electrons. The van der Waals surface area contributed by atoms with Crippen LogP contribution in [0.5, 0.6) is 0 Å².